The number of thiophene rings is 1. The van der Waals surface area contributed by atoms with E-state index in [-0.39, 0.29) is 6.04 Å². The molecule has 0 aliphatic rings. The molecule has 0 spiro atoms. The van der Waals surface area contributed by atoms with Crippen LogP contribution in [0.4, 0.5) is 0 Å². The summed E-state index contributed by atoms with van der Waals surface area (Å²) in [7, 11) is 0. The lowest BCUT2D eigenvalue weighted by atomic mass is 10.3. The van der Waals surface area contributed by atoms with Crippen molar-refractivity contribution in [2.24, 2.45) is 5.73 Å². The Morgan fingerprint density at radius 3 is 2.60 bits per heavy atom. The van der Waals surface area contributed by atoms with E-state index in [1.165, 1.54) is 0 Å². The molecule has 0 aliphatic heterocycles. The van der Waals surface area contributed by atoms with Gasteiger partial charge in [-0.3, -0.25) is 0 Å². The molecule has 0 amide bonds. The molecule has 10 heavy (non-hydrogen) atoms. The zero-order valence-corrected chi connectivity index (χ0v) is 8.55. The Kier molecular flexibility index (Phi) is 2.74. The fourth-order valence-corrected chi connectivity index (χ4v) is 2.29. The van der Waals surface area contributed by atoms with Crippen LogP contribution in [0.3, 0.4) is 0 Å². The van der Waals surface area contributed by atoms with Gasteiger partial charge in [0.1, 0.15) is 0 Å². The molecule has 0 bridgehead atoms. The van der Waals surface area contributed by atoms with Crippen molar-refractivity contribution in [3.63, 3.8) is 0 Å². The van der Waals surface area contributed by atoms with Crippen LogP contribution in [0.15, 0.2) is 9.85 Å². The third-order valence-electron chi connectivity index (χ3n) is 1.11. The predicted octanol–water partition coefficient (Wildman–Crippen LogP) is 3.18. The van der Waals surface area contributed by atoms with E-state index in [2.05, 4.69) is 15.9 Å². The van der Waals surface area contributed by atoms with Crippen molar-refractivity contribution in [3.8, 4) is 0 Å². The summed E-state index contributed by atoms with van der Waals surface area (Å²) in [6, 6.07) is 1.97. The number of hydrogen-bond donors (Lipinski definition) is 1. The zero-order chi connectivity index (χ0) is 7.72. The van der Waals surface area contributed by atoms with Crippen molar-refractivity contribution in [1.29, 1.82) is 0 Å². The molecule has 1 aromatic heterocycles. The largest absolute Gasteiger partial charge is 0.324 e. The monoisotopic (exact) mass is 239 g/mol. The molecule has 1 nitrogen and oxygen atoms in total. The maximum Gasteiger partial charge on any atom is 0.0887 e. The van der Waals surface area contributed by atoms with Crippen molar-refractivity contribution in [1.82, 2.24) is 0 Å². The number of nitrogens with two attached hydrogens (primary N) is 1. The van der Waals surface area contributed by atoms with Crippen molar-refractivity contribution in [3.05, 3.63) is 19.8 Å². The van der Waals surface area contributed by atoms with E-state index < -0.39 is 0 Å². The summed E-state index contributed by atoms with van der Waals surface area (Å²) in [5, 5.41) is 0.748. The van der Waals surface area contributed by atoms with Crippen molar-refractivity contribution in [2.75, 3.05) is 0 Å². The normalized spacial score (nSPS) is 13.6. The number of hydrogen-bond acceptors (Lipinski definition) is 2. The summed E-state index contributed by atoms with van der Waals surface area (Å²) in [5.41, 5.74) is 5.63. The second-order valence-corrected chi connectivity index (χ2v) is 4.87. The lowest BCUT2D eigenvalue weighted by molar-refractivity contribution is 0.838. The van der Waals surface area contributed by atoms with Crippen LogP contribution in [0, 0.1) is 0 Å². The fraction of sp³-hybridized carbons (Fsp3) is 0.333. The number of rotatable bonds is 1. The molecule has 0 fully saturated rings. The Labute approximate surface area is 77.3 Å². The van der Waals surface area contributed by atoms with E-state index in [1.54, 1.807) is 11.3 Å². The summed E-state index contributed by atoms with van der Waals surface area (Å²) in [5.74, 6) is 0. The van der Waals surface area contributed by atoms with Crippen LogP contribution in [0.25, 0.3) is 0 Å². The minimum atomic E-state index is 0.0776. The first-order chi connectivity index (χ1) is 4.61. The second-order valence-electron chi connectivity index (χ2n) is 2.06. The SMILES string of the molecule is CC(N)c1cc(Cl)c(Br)s1. The first-order valence-electron chi connectivity index (χ1n) is 2.81. The van der Waals surface area contributed by atoms with Gasteiger partial charge in [-0.15, -0.1) is 11.3 Å². The van der Waals surface area contributed by atoms with Crippen LogP contribution in [0.2, 0.25) is 5.02 Å². The predicted molar refractivity (Wildman–Crippen MR) is 49.6 cm³/mol. The van der Waals surface area contributed by atoms with Crippen LogP contribution >= 0.6 is 38.9 Å². The lowest BCUT2D eigenvalue weighted by Gasteiger charge is -1.96. The molecule has 56 valence electrons. The molecule has 4 heteroatoms. The second kappa shape index (κ2) is 3.22. The fourth-order valence-electron chi connectivity index (χ4n) is 0.588. The first-order valence-corrected chi connectivity index (χ1v) is 4.80. The highest BCUT2D eigenvalue weighted by atomic mass is 79.9. The molecule has 0 radical (unpaired) electrons. The molecule has 1 unspecified atom stereocenters. The Bertz CT molecular complexity index is 214. The van der Waals surface area contributed by atoms with E-state index >= 15 is 0 Å². The smallest absolute Gasteiger partial charge is 0.0887 e. The molecule has 1 heterocycles. The van der Waals surface area contributed by atoms with Gasteiger partial charge in [-0.25, -0.2) is 0 Å². The summed E-state index contributed by atoms with van der Waals surface area (Å²) < 4.78 is 0.960. The van der Waals surface area contributed by atoms with Crippen LogP contribution < -0.4 is 5.73 Å². The van der Waals surface area contributed by atoms with Gasteiger partial charge in [-0.2, -0.15) is 0 Å². The molecular weight excluding hydrogens is 233 g/mol. The van der Waals surface area contributed by atoms with Crippen molar-refractivity contribution < 1.29 is 0 Å². The van der Waals surface area contributed by atoms with Crippen LogP contribution in [-0.4, -0.2) is 0 Å². The Balaban J connectivity index is 2.98. The molecule has 0 saturated carbocycles. The standard InChI is InChI=1S/C6H7BrClNS/c1-3(9)5-2-4(8)6(7)10-5/h2-3H,9H2,1H3. The average Bonchev–Trinajstić information content (AvgIpc) is 2.13. The molecular formula is C6H7BrClNS. The third kappa shape index (κ3) is 1.72. The Morgan fingerprint density at radius 2 is 2.40 bits per heavy atom. The van der Waals surface area contributed by atoms with Crippen molar-refractivity contribution >= 4 is 38.9 Å². The van der Waals surface area contributed by atoms with Crippen molar-refractivity contribution in [2.45, 2.75) is 13.0 Å². The highest BCUT2D eigenvalue weighted by Crippen LogP contribution is 2.34. The average molecular weight is 241 g/mol. The molecule has 2 N–H and O–H groups in total. The van der Waals surface area contributed by atoms with Gasteiger partial charge in [0.05, 0.1) is 8.81 Å². The summed E-state index contributed by atoms with van der Waals surface area (Å²) in [6.45, 7) is 1.94. The molecule has 1 aromatic rings. The lowest BCUT2D eigenvalue weighted by Crippen LogP contribution is -2.01. The summed E-state index contributed by atoms with van der Waals surface area (Å²) >= 11 is 10.7. The van der Waals surface area contributed by atoms with E-state index in [4.69, 9.17) is 17.3 Å². The Hall–Kier alpha value is 0.430. The highest BCUT2D eigenvalue weighted by Gasteiger charge is 2.06. The van der Waals surface area contributed by atoms with Gasteiger partial charge in [0.15, 0.2) is 0 Å². The van der Waals surface area contributed by atoms with Gasteiger partial charge in [-0.1, -0.05) is 11.6 Å². The molecule has 0 aliphatic carbocycles. The topological polar surface area (TPSA) is 26.0 Å². The van der Waals surface area contributed by atoms with Gasteiger partial charge in [0.25, 0.3) is 0 Å². The molecule has 0 saturated heterocycles. The van der Waals surface area contributed by atoms with E-state index in [0.29, 0.717) is 0 Å². The minimum absolute atomic E-state index is 0.0776. The van der Waals surface area contributed by atoms with Crippen LogP contribution in [-0.2, 0) is 0 Å². The summed E-state index contributed by atoms with van der Waals surface area (Å²) in [6.07, 6.45) is 0. The van der Waals surface area contributed by atoms with Gasteiger partial charge in [-0.05, 0) is 28.9 Å². The maximum atomic E-state index is 5.78. The summed E-state index contributed by atoms with van der Waals surface area (Å²) in [4.78, 5) is 1.11. The van der Waals surface area contributed by atoms with Crippen LogP contribution in [0.1, 0.15) is 17.8 Å². The highest BCUT2D eigenvalue weighted by molar-refractivity contribution is 9.11. The van der Waals surface area contributed by atoms with Gasteiger partial charge in [0, 0.05) is 10.9 Å². The maximum absolute atomic E-state index is 5.78. The molecule has 1 atom stereocenters. The van der Waals surface area contributed by atoms with E-state index in [0.717, 1.165) is 13.7 Å². The molecule has 0 aromatic carbocycles. The van der Waals surface area contributed by atoms with Crippen LogP contribution in [0.5, 0.6) is 0 Å². The minimum Gasteiger partial charge on any atom is -0.324 e. The quantitative estimate of drug-likeness (QED) is 0.802. The van der Waals surface area contributed by atoms with Gasteiger partial charge in [0.2, 0.25) is 0 Å². The zero-order valence-electron chi connectivity index (χ0n) is 5.40. The Morgan fingerprint density at radius 1 is 1.80 bits per heavy atom. The number of halogens is 2. The first kappa shape index (κ1) is 8.53. The van der Waals surface area contributed by atoms with Gasteiger partial charge < -0.3 is 5.73 Å². The van der Waals surface area contributed by atoms with E-state index in [1.807, 2.05) is 13.0 Å². The third-order valence-corrected chi connectivity index (χ3v) is 3.79. The van der Waals surface area contributed by atoms with Gasteiger partial charge >= 0.3 is 0 Å². The molecule has 1 rings (SSSR count). The van der Waals surface area contributed by atoms with E-state index in [9.17, 15) is 0 Å².